The zero-order chi connectivity index (χ0) is 16.7. The fourth-order valence-corrected chi connectivity index (χ4v) is 4.42. The second-order valence-corrected chi connectivity index (χ2v) is 6.95. The summed E-state index contributed by atoms with van der Waals surface area (Å²) in [5, 5.41) is 14.3. The Bertz CT molecular complexity index is 766. The number of nitrogens with zero attached hydrogens (tertiary/aromatic N) is 2. The molecule has 136 valence electrons. The molecular formula is C20H23AgN2O2. The van der Waals surface area contributed by atoms with Crippen molar-refractivity contribution in [3.63, 3.8) is 0 Å². The maximum absolute atomic E-state index is 13.3. The van der Waals surface area contributed by atoms with Crippen LogP contribution in [0.25, 0.3) is 10.9 Å². The van der Waals surface area contributed by atoms with Gasteiger partial charge in [0.15, 0.2) is 0 Å². The van der Waals surface area contributed by atoms with E-state index in [4.69, 9.17) is 4.74 Å². The fourth-order valence-electron chi connectivity index (χ4n) is 4.42. The minimum atomic E-state index is -0.754. The summed E-state index contributed by atoms with van der Waals surface area (Å²) in [6, 6.07) is 7.70. The molecular weight excluding hydrogens is 408 g/mol. The van der Waals surface area contributed by atoms with Crippen molar-refractivity contribution in [2.45, 2.75) is 25.0 Å². The number of rotatable bonds is 4. The van der Waals surface area contributed by atoms with Gasteiger partial charge in [-0.3, -0.25) is 4.98 Å². The molecule has 3 fully saturated rings. The molecule has 4 heterocycles. The molecule has 1 aromatic heterocycles. The molecule has 3 saturated heterocycles. The number of benzene rings is 1. The van der Waals surface area contributed by atoms with Crippen molar-refractivity contribution in [1.29, 1.82) is 0 Å². The number of ether oxygens (including phenoxy) is 1. The molecule has 2 bridgehead atoms. The number of aromatic nitrogens is 1. The van der Waals surface area contributed by atoms with Crippen LogP contribution in [0.15, 0.2) is 43.1 Å². The van der Waals surface area contributed by atoms with Crippen LogP contribution >= 0.6 is 0 Å². The monoisotopic (exact) mass is 430 g/mol. The van der Waals surface area contributed by atoms with Crippen LogP contribution < -0.4 is 9.84 Å². The Hall–Kier alpha value is -1.17. The third-order valence-electron chi connectivity index (χ3n) is 5.79. The van der Waals surface area contributed by atoms with E-state index in [1.165, 1.54) is 6.42 Å². The van der Waals surface area contributed by atoms with Crippen molar-refractivity contribution < 1.29 is 32.2 Å². The van der Waals surface area contributed by atoms with E-state index >= 15 is 0 Å². The molecule has 5 rings (SSSR count). The van der Waals surface area contributed by atoms with Crippen LogP contribution in [0.3, 0.4) is 0 Å². The van der Waals surface area contributed by atoms with Crippen LogP contribution in [0.2, 0.25) is 0 Å². The van der Waals surface area contributed by atoms with E-state index in [-0.39, 0.29) is 28.4 Å². The third kappa shape index (κ3) is 3.30. The molecule has 0 radical (unpaired) electrons. The molecule has 1 aromatic carbocycles. The summed E-state index contributed by atoms with van der Waals surface area (Å²) in [6.45, 7) is 5.97. The quantitative estimate of drug-likeness (QED) is 0.552. The van der Waals surface area contributed by atoms with Gasteiger partial charge in [0, 0.05) is 24.2 Å². The topological polar surface area (TPSA) is 48.4 Å². The van der Waals surface area contributed by atoms with E-state index in [1.54, 1.807) is 13.3 Å². The van der Waals surface area contributed by atoms with Crippen LogP contribution in [-0.4, -0.2) is 36.1 Å². The van der Waals surface area contributed by atoms with Gasteiger partial charge >= 0.3 is 22.4 Å². The van der Waals surface area contributed by atoms with Crippen molar-refractivity contribution in [3.05, 3.63) is 48.7 Å². The average molecular weight is 431 g/mol. The Morgan fingerprint density at radius 1 is 1.40 bits per heavy atom. The second kappa shape index (κ2) is 7.60. The number of hydrogen-bond acceptors (Lipinski definition) is 4. The van der Waals surface area contributed by atoms with Gasteiger partial charge < -0.3 is 14.7 Å². The van der Waals surface area contributed by atoms with Crippen molar-refractivity contribution in [3.8, 4) is 5.75 Å². The molecule has 5 atom stereocenters. The second-order valence-electron chi connectivity index (χ2n) is 6.95. The molecule has 0 aliphatic carbocycles. The standard InChI is InChI=1S/C20H23N2O2.Ag/c1-3-13-12-22-9-7-14(13)10-19(22)20(23)16-6-8-21-18-5-4-15(24-2)11-17(16)18;/h3-6,8,11,13-14,19-20H,1,7,9-10,12H2,2H3;/q-1;+1. The maximum atomic E-state index is 13.3. The van der Waals surface area contributed by atoms with Gasteiger partial charge in [0.05, 0.1) is 12.6 Å². The normalized spacial score (nSPS) is 29.0. The SMILES string of the molecule is C=CC1CN2CCC1CC2C([O-])c1ccnc2ccc(OC)cc12.[Ag+]. The van der Waals surface area contributed by atoms with Crippen molar-refractivity contribution in [2.75, 3.05) is 20.2 Å². The molecule has 5 unspecified atom stereocenters. The van der Waals surface area contributed by atoms with Crippen molar-refractivity contribution >= 4 is 10.9 Å². The molecule has 0 saturated carbocycles. The van der Waals surface area contributed by atoms with E-state index in [2.05, 4.69) is 22.5 Å². The molecule has 25 heavy (non-hydrogen) atoms. The number of fused-ring (bicyclic) bond motifs is 4. The zero-order valence-electron chi connectivity index (χ0n) is 14.3. The van der Waals surface area contributed by atoms with Gasteiger partial charge in [-0.1, -0.05) is 12.2 Å². The minimum absolute atomic E-state index is 0. The van der Waals surface area contributed by atoms with Crippen LogP contribution in [0.1, 0.15) is 24.5 Å². The Morgan fingerprint density at radius 2 is 2.24 bits per heavy atom. The van der Waals surface area contributed by atoms with E-state index in [0.29, 0.717) is 11.8 Å². The zero-order valence-corrected chi connectivity index (χ0v) is 15.8. The van der Waals surface area contributed by atoms with Crippen LogP contribution in [0.5, 0.6) is 5.75 Å². The Labute approximate surface area is 164 Å². The largest absolute Gasteiger partial charge is 1.00 e. The fraction of sp³-hybridized carbons (Fsp3) is 0.450. The van der Waals surface area contributed by atoms with Crippen LogP contribution in [0, 0.1) is 11.8 Å². The Balaban J connectivity index is 0.00000182. The van der Waals surface area contributed by atoms with Gasteiger partial charge in [-0.25, -0.2) is 0 Å². The van der Waals surface area contributed by atoms with Crippen molar-refractivity contribution in [1.82, 2.24) is 9.88 Å². The van der Waals surface area contributed by atoms with E-state index in [0.717, 1.165) is 41.7 Å². The number of methoxy groups -OCH3 is 1. The molecule has 4 nitrogen and oxygen atoms in total. The van der Waals surface area contributed by atoms with Gasteiger partial charge in [0.1, 0.15) is 5.75 Å². The van der Waals surface area contributed by atoms with Gasteiger partial charge in [-0.15, -0.1) is 6.58 Å². The summed E-state index contributed by atoms with van der Waals surface area (Å²) in [6.07, 6.45) is 5.22. The summed E-state index contributed by atoms with van der Waals surface area (Å²) in [7, 11) is 1.65. The summed E-state index contributed by atoms with van der Waals surface area (Å²) >= 11 is 0. The first-order valence-electron chi connectivity index (χ1n) is 8.66. The molecule has 0 N–H and O–H groups in total. The summed E-state index contributed by atoms with van der Waals surface area (Å²) in [5.41, 5.74) is 1.70. The van der Waals surface area contributed by atoms with Gasteiger partial charge in [-0.2, -0.15) is 0 Å². The smallest absolute Gasteiger partial charge is 0.847 e. The predicted molar refractivity (Wildman–Crippen MR) is 92.8 cm³/mol. The first kappa shape index (κ1) is 18.6. The molecule has 0 spiro atoms. The van der Waals surface area contributed by atoms with E-state index in [9.17, 15) is 5.11 Å². The van der Waals surface area contributed by atoms with Gasteiger partial charge in [-0.05, 0) is 61.1 Å². The van der Waals surface area contributed by atoms with Crippen molar-refractivity contribution in [2.24, 2.45) is 11.8 Å². The summed E-state index contributed by atoms with van der Waals surface area (Å²) < 4.78 is 5.33. The molecule has 2 aromatic rings. The Kier molecular flexibility index (Phi) is 5.66. The van der Waals surface area contributed by atoms with E-state index in [1.807, 2.05) is 24.3 Å². The number of hydrogen-bond donors (Lipinski definition) is 0. The average Bonchev–Trinajstić information content (AvgIpc) is 2.66. The first-order chi connectivity index (χ1) is 11.7. The number of pyridine rings is 1. The van der Waals surface area contributed by atoms with E-state index < -0.39 is 6.10 Å². The maximum Gasteiger partial charge on any atom is 1.00 e. The molecule has 3 aliphatic rings. The summed E-state index contributed by atoms with van der Waals surface area (Å²) in [4.78, 5) is 6.77. The number of piperidine rings is 3. The molecule has 5 heteroatoms. The molecule has 0 amide bonds. The first-order valence-corrected chi connectivity index (χ1v) is 8.66. The van der Waals surface area contributed by atoms with Gasteiger partial charge in [0.25, 0.3) is 0 Å². The van der Waals surface area contributed by atoms with Crippen LogP contribution in [-0.2, 0) is 22.4 Å². The minimum Gasteiger partial charge on any atom is -0.847 e. The summed E-state index contributed by atoms with van der Waals surface area (Å²) in [5.74, 6) is 1.91. The van der Waals surface area contributed by atoms with Crippen LogP contribution in [0.4, 0.5) is 0 Å². The predicted octanol–water partition coefficient (Wildman–Crippen LogP) is 2.54. The third-order valence-corrected chi connectivity index (χ3v) is 5.79. The van der Waals surface area contributed by atoms with Gasteiger partial charge in [0.2, 0.25) is 0 Å². The molecule has 3 aliphatic heterocycles. The Morgan fingerprint density at radius 3 is 2.92 bits per heavy atom.